The van der Waals surface area contributed by atoms with Crippen LogP contribution in [0.2, 0.25) is 0 Å². The highest BCUT2D eigenvalue weighted by Crippen LogP contribution is 2.33. The van der Waals surface area contributed by atoms with E-state index in [4.69, 9.17) is 5.73 Å². The van der Waals surface area contributed by atoms with Gasteiger partial charge in [-0.3, -0.25) is 4.79 Å². The lowest BCUT2D eigenvalue weighted by molar-refractivity contribution is 0.0798. The minimum atomic E-state index is 0.0608. The van der Waals surface area contributed by atoms with Gasteiger partial charge in [-0.2, -0.15) is 0 Å². The Hall–Kier alpha value is -1.62. The zero-order valence-electron chi connectivity index (χ0n) is 10.3. The summed E-state index contributed by atoms with van der Waals surface area (Å²) in [6.45, 7) is 3.63. The van der Waals surface area contributed by atoms with Crippen molar-refractivity contribution in [3.63, 3.8) is 0 Å². The van der Waals surface area contributed by atoms with Crippen LogP contribution in [0.1, 0.15) is 28.2 Å². The first kappa shape index (κ1) is 11.5. The average Bonchev–Trinajstić information content (AvgIpc) is 2.97. The van der Waals surface area contributed by atoms with E-state index in [0.717, 1.165) is 41.8 Å². The number of amides is 1. The van der Waals surface area contributed by atoms with Crippen LogP contribution in [-0.4, -0.2) is 28.9 Å². The predicted octanol–water partition coefficient (Wildman–Crippen LogP) is 2.42. The number of hydrogen-bond donors (Lipinski definition) is 1. The van der Waals surface area contributed by atoms with Gasteiger partial charge in [-0.1, -0.05) is 0 Å². The number of fused-ring (bicyclic) bond motifs is 1. The number of hydrogen-bond acceptors (Lipinski definition) is 4. The Bertz CT molecular complexity index is 614. The molecule has 1 aliphatic heterocycles. The van der Waals surface area contributed by atoms with Gasteiger partial charge in [0.15, 0.2) is 0 Å². The molecule has 4 nitrogen and oxygen atoms in total. The topological polar surface area (TPSA) is 59.2 Å². The van der Waals surface area contributed by atoms with Crippen molar-refractivity contribution in [1.82, 2.24) is 9.88 Å². The van der Waals surface area contributed by atoms with Crippen LogP contribution in [0.5, 0.6) is 0 Å². The van der Waals surface area contributed by atoms with Gasteiger partial charge in [-0.15, -0.1) is 11.3 Å². The Morgan fingerprint density at radius 3 is 2.83 bits per heavy atom. The summed E-state index contributed by atoms with van der Waals surface area (Å²) in [7, 11) is 0. The summed E-state index contributed by atoms with van der Waals surface area (Å²) in [5, 5.41) is 0.896. The Labute approximate surface area is 109 Å². The Morgan fingerprint density at radius 2 is 2.11 bits per heavy atom. The molecule has 0 saturated carbocycles. The normalized spacial score (nSPS) is 15.5. The van der Waals surface area contributed by atoms with Gasteiger partial charge in [0, 0.05) is 24.2 Å². The molecule has 2 aromatic rings. The van der Waals surface area contributed by atoms with E-state index >= 15 is 0 Å². The minimum absolute atomic E-state index is 0.0608. The molecule has 2 N–H and O–H groups in total. The Morgan fingerprint density at radius 1 is 1.39 bits per heavy atom. The first-order valence-corrected chi connectivity index (χ1v) is 6.93. The number of anilines is 1. The molecular formula is C13H15N3OS. The van der Waals surface area contributed by atoms with Crippen LogP contribution < -0.4 is 5.73 Å². The van der Waals surface area contributed by atoms with Crippen LogP contribution >= 0.6 is 11.3 Å². The number of aryl methyl sites for hydroxylation is 1. The molecule has 0 bridgehead atoms. The highest BCUT2D eigenvalue weighted by atomic mass is 32.1. The number of thiophene rings is 1. The summed E-state index contributed by atoms with van der Waals surface area (Å²) in [6, 6.07) is 3.87. The zero-order valence-corrected chi connectivity index (χ0v) is 11.1. The van der Waals surface area contributed by atoms with Gasteiger partial charge in [0.1, 0.15) is 9.71 Å². The van der Waals surface area contributed by atoms with Crippen molar-refractivity contribution in [3.05, 3.63) is 22.7 Å². The van der Waals surface area contributed by atoms with E-state index in [0.29, 0.717) is 10.6 Å². The molecule has 3 heterocycles. The summed E-state index contributed by atoms with van der Waals surface area (Å²) in [5.41, 5.74) is 7.61. The highest BCUT2D eigenvalue weighted by molar-refractivity contribution is 7.21. The molecule has 0 radical (unpaired) electrons. The molecule has 1 saturated heterocycles. The summed E-state index contributed by atoms with van der Waals surface area (Å²) in [4.78, 5) is 20.2. The lowest BCUT2D eigenvalue weighted by atomic mass is 10.2. The van der Waals surface area contributed by atoms with Gasteiger partial charge < -0.3 is 10.6 Å². The van der Waals surface area contributed by atoms with E-state index in [2.05, 4.69) is 4.98 Å². The smallest absolute Gasteiger partial charge is 0.266 e. The number of rotatable bonds is 1. The van der Waals surface area contributed by atoms with Crippen LogP contribution in [0.15, 0.2) is 12.1 Å². The largest absolute Gasteiger partial charge is 0.397 e. The van der Waals surface area contributed by atoms with Crippen LogP contribution in [0, 0.1) is 6.92 Å². The predicted molar refractivity (Wildman–Crippen MR) is 73.9 cm³/mol. The third kappa shape index (κ3) is 1.75. The first-order chi connectivity index (χ1) is 8.66. The van der Waals surface area contributed by atoms with E-state index < -0.39 is 0 Å². The fourth-order valence-corrected chi connectivity index (χ4v) is 3.42. The average molecular weight is 261 g/mol. The molecule has 1 aliphatic rings. The van der Waals surface area contributed by atoms with Crippen LogP contribution in [-0.2, 0) is 0 Å². The van der Waals surface area contributed by atoms with E-state index in [1.165, 1.54) is 11.3 Å². The number of nitrogen functional groups attached to an aromatic ring is 1. The standard InChI is InChI=1S/C13H15N3OS/c1-8-4-5-9-10(14)11(18-12(9)15-8)13(17)16-6-2-3-7-16/h4-5H,2-3,6-7,14H2,1H3. The van der Waals surface area contributed by atoms with Crippen molar-refractivity contribution < 1.29 is 4.79 Å². The van der Waals surface area contributed by atoms with Gasteiger partial charge in [0.25, 0.3) is 5.91 Å². The summed E-state index contributed by atoms with van der Waals surface area (Å²) in [6.07, 6.45) is 2.18. The number of likely N-dealkylation sites (tertiary alicyclic amines) is 1. The molecular weight excluding hydrogens is 246 g/mol. The third-order valence-corrected chi connectivity index (χ3v) is 4.42. The summed E-state index contributed by atoms with van der Waals surface area (Å²) in [5.74, 6) is 0.0608. The van der Waals surface area contributed by atoms with E-state index in [9.17, 15) is 4.79 Å². The van der Waals surface area contributed by atoms with Gasteiger partial charge >= 0.3 is 0 Å². The Balaban J connectivity index is 2.06. The second-order valence-electron chi connectivity index (χ2n) is 4.65. The number of nitrogens with two attached hydrogens (primary N) is 1. The molecule has 0 spiro atoms. The van der Waals surface area contributed by atoms with E-state index in [-0.39, 0.29) is 5.91 Å². The fourth-order valence-electron chi connectivity index (χ4n) is 2.31. The fraction of sp³-hybridized carbons (Fsp3) is 0.385. The molecule has 0 unspecified atom stereocenters. The van der Waals surface area contributed by atoms with Gasteiger partial charge in [-0.05, 0) is 31.9 Å². The lowest BCUT2D eigenvalue weighted by Gasteiger charge is -2.13. The molecule has 5 heteroatoms. The number of carbonyl (C=O) groups excluding carboxylic acids is 1. The maximum Gasteiger partial charge on any atom is 0.266 e. The SMILES string of the molecule is Cc1ccc2c(N)c(C(=O)N3CCCC3)sc2n1. The maximum atomic E-state index is 12.4. The molecule has 3 rings (SSSR count). The van der Waals surface area contributed by atoms with Crippen molar-refractivity contribution in [3.8, 4) is 0 Å². The minimum Gasteiger partial charge on any atom is -0.397 e. The molecule has 0 atom stereocenters. The number of aromatic nitrogens is 1. The van der Waals surface area contributed by atoms with E-state index in [1.807, 2.05) is 24.0 Å². The summed E-state index contributed by atoms with van der Waals surface area (Å²) >= 11 is 1.41. The molecule has 2 aromatic heterocycles. The molecule has 1 fully saturated rings. The zero-order chi connectivity index (χ0) is 12.7. The van der Waals surface area contributed by atoms with Gasteiger partial charge in [-0.25, -0.2) is 4.98 Å². The third-order valence-electron chi connectivity index (χ3n) is 3.32. The van der Waals surface area contributed by atoms with Crippen LogP contribution in [0.3, 0.4) is 0 Å². The second kappa shape index (κ2) is 4.24. The number of carbonyl (C=O) groups is 1. The monoisotopic (exact) mass is 261 g/mol. The quantitative estimate of drug-likeness (QED) is 0.857. The van der Waals surface area contributed by atoms with Gasteiger partial charge in [0.05, 0.1) is 5.69 Å². The molecule has 0 aromatic carbocycles. The van der Waals surface area contributed by atoms with Crippen LogP contribution in [0.4, 0.5) is 5.69 Å². The van der Waals surface area contributed by atoms with Crippen molar-refractivity contribution >= 4 is 33.1 Å². The van der Waals surface area contributed by atoms with Crippen molar-refractivity contribution in [1.29, 1.82) is 0 Å². The first-order valence-electron chi connectivity index (χ1n) is 6.12. The second-order valence-corrected chi connectivity index (χ2v) is 5.65. The Kier molecular flexibility index (Phi) is 2.70. The number of pyridine rings is 1. The van der Waals surface area contributed by atoms with Gasteiger partial charge in [0.2, 0.25) is 0 Å². The molecule has 94 valence electrons. The lowest BCUT2D eigenvalue weighted by Crippen LogP contribution is -2.27. The van der Waals surface area contributed by atoms with Crippen molar-refractivity contribution in [2.75, 3.05) is 18.8 Å². The van der Waals surface area contributed by atoms with E-state index in [1.54, 1.807) is 0 Å². The maximum absolute atomic E-state index is 12.4. The number of nitrogens with zero attached hydrogens (tertiary/aromatic N) is 2. The van der Waals surface area contributed by atoms with Crippen molar-refractivity contribution in [2.24, 2.45) is 0 Å². The molecule has 18 heavy (non-hydrogen) atoms. The molecule has 0 aliphatic carbocycles. The highest BCUT2D eigenvalue weighted by Gasteiger charge is 2.24. The van der Waals surface area contributed by atoms with Crippen molar-refractivity contribution in [2.45, 2.75) is 19.8 Å². The van der Waals surface area contributed by atoms with Crippen LogP contribution in [0.25, 0.3) is 10.2 Å². The molecule has 1 amide bonds. The summed E-state index contributed by atoms with van der Waals surface area (Å²) < 4.78 is 0.